The Balaban J connectivity index is 2.91. The molecule has 0 radical (unpaired) electrons. The van der Waals surface area contributed by atoms with Crippen molar-refractivity contribution in [1.29, 1.82) is 0 Å². The molecule has 0 spiro atoms. The number of carbonyl (C=O) groups excluding carboxylic acids is 1. The first kappa shape index (κ1) is 9.51. The molecule has 76 valence electrons. The molecule has 15 heavy (non-hydrogen) atoms. The fraction of sp³-hybridized carbons (Fsp3) is 0.200. The number of ketones is 1. The average Bonchev–Trinajstić information content (AvgIpc) is 2.60. The van der Waals surface area contributed by atoms with Crippen molar-refractivity contribution in [3.05, 3.63) is 38.9 Å². The zero-order chi connectivity index (χ0) is 11.0. The Morgan fingerprint density at radius 1 is 1.53 bits per heavy atom. The molecule has 0 aliphatic carbocycles. The highest BCUT2D eigenvalue weighted by molar-refractivity contribution is 6.14. The third-order valence-corrected chi connectivity index (χ3v) is 2.35. The standard InChI is InChI=1S/C10H8N2O3/c1-6(13)7-5-11-8-3-2-4-9(10(7)8)12(14)15/h2-4H,5H2,1H3. The van der Waals surface area contributed by atoms with Crippen LogP contribution >= 0.6 is 0 Å². The summed E-state index contributed by atoms with van der Waals surface area (Å²) < 4.78 is 0. The highest BCUT2D eigenvalue weighted by Crippen LogP contribution is 2.07. The normalized spacial score (nSPS) is 13.3. The average molecular weight is 204 g/mol. The first-order valence-corrected chi connectivity index (χ1v) is 4.43. The number of nitrogens with zero attached hydrogens (tertiary/aromatic N) is 2. The van der Waals surface area contributed by atoms with E-state index in [9.17, 15) is 14.9 Å². The van der Waals surface area contributed by atoms with Gasteiger partial charge in [0, 0.05) is 11.6 Å². The van der Waals surface area contributed by atoms with Gasteiger partial charge < -0.3 is 0 Å². The lowest BCUT2D eigenvalue weighted by atomic mass is 10.1. The molecule has 5 heteroatoms. The summed E-state index contributed by atoms with van der Waals surface area (Å²) in [4.78, 5) is 25.6. The van der Waals surface area contributed by atoms with Gasteiger partial charge in [-0.05, 0) is 13.0 Å². The Hall–Kier alpha value is -2.04. The smallest absolute Gasteiger partial charge is 0.279 e. The van der Waals surface area contributed by atoms with Crippen LogP contribution in [0.15, 0.2) is 23.2 Å². The number of Topliss-reactive ketones (excluding diaryl/α,β-unsaturated/α-hetero) is 1. The minimum Gasteiger partial charge on any atom is -0.295 e. The van der Waals surface area contributed by atoms with Gasteiger partial charge in [0.05, 0.1) is 22.0 Å². The molecule has 0 saturated carbocycles. The molecule has 1 aromatic carbocycles. The van der Waals surface area contributed by atoms with E-state index in [1.807, 2.05) is 0 Å². The third-order valence-electron chi connectivity index (χ3n) is 2.35. The number of nitro benzene ring substituents is 1. The molecule has 1 aliphatic heterocycles. The van der Waals surface area contributed by atoms with E-state index < -0.39 is 4.92 Å². The first-order valence-electron chi connectivity index (χ1n) is 4.43. The minimum absolute atomic E-state index is 0.0426. The number of rotatable bonds is 2. The van der Waals surface area contributed by atoms with Crippen molar-refractivity contribution in [2.45, 2.75) is 6.92 Å². The molecule has 0 amide bonds. The van der Waals surface area contributed by atoms with Crippen LogP contribution in [0, 0.1) is 10.1 Å². The quantitative estimate of drug-likeness (QED) is 0.501. The van der Waals surface area contributed by atoms with Gasteiger partial charge in [0.2, 0.25) is 0 Å². The van der Waals surface area contributed by atoms with Crippen molar-refractivity contribution >= 4 is 17.0 Å². The van der Waals surface area contributed by atoms with Crippen LogP contribution in [-0.2, 0) is 4.79 Å². The van der Waals surface area contributed by atoms with Crippen LogP contribution in [0.2, 0.25) is 0 Å². The Bertz CT molecular complexity index is 575. The summed E-state index contributed by atoms with van der Waals surface area (Å²) >= 11 is 0. The minimum atomic E-state index is -0.484. The maximum Gasteiger partial charge on any atom is 0.279 e. The topological polar surface area (TPSA) is 72.6 Å². The van der Waals surface area contributed by atoms with E-state index in [0.29, 0.717) is 16.1 Å². The number of carbonyl (C=O) groups is 1. The number of non-ortho nitro benzene ring substituents is 1. The van der Waals surface area contributed by atoms with Crippen molar-refractivity contribution in [1.82, 2.24) is 0 Å². The van der Waals surface area contributed by atoms with Gasteiger partial charge in [0.15, 0.2) is 5.78 Å². The number of hydrogen-bond donors (Lipinski definition) is 0. The Labute approximate surface area is 84.9 Å². The van der Waals surface area contributed by atoms with Crippen molar-refractivity contribution in [3.63, 3.8) is 0 Å². The molecular weight excluding hydrogens is 196 g/mol. The fourth-order valence-corrected chi connectivity index (χ4v) is 1.65. The summed E-state index contributed by atoms with van der Waals surface area (Å²) in [6.45, 7) is 1.65. The SMILES string of the molecule is CC(=O)C1=c2c([N+](=O)[O-])cccc2=NC1. The van der Waals surface area contributed by atoms with E-state index in [1.54, 1.807) is 12.1 Å². The summed E-state index contributed by atoms with van der Waals surface area (Å²) in [5.74, 6) is -0.160. The monoisotopic (exact) mass is 204 g/mol. The second kappa shape index (κ2) is 3.27. The third kappa shape index (κ3) is 1.41. The molecule has 0 unspecified atom stereocenters. The van der Waals surface area contributed by atoms with E-state index in [2.05, 4.69) is 4.99 Å². The number of nitro groups is 1. The molecule has 0 N–H and O–H groups in total. The molecule has 0 bridgehead atoms. The van der Waals surface area contributed by atoms with Crippen molar-refractivity contribution in [3.8, 4) is 0 Å². The van der Waals surface area contributed by atoms with Gasteiger partial charge >= 0.3 is 0 Å². The van der Waals surface area contributed by atoms with Gasteiger partial charge in [-0.15, -0.1) is 0 Å². The van der Waals surface area contributed by atoms with Gasteiger partial charge in [0.25, 0.3) is 5.69 Å². The zero-order valence-electron chi connectivity index (χ0n) is 8.06. The molecule has 0 fully saturated rings. The summed E-state index contributed by atoms with van der Waals surface area (Å²) in [5, 5.41) is 11.7. The second-order valence-corrected chi connectivity index (χ2v) is 3.28. The van der Waals surface area contributed by atoms with Crippen LogP contribution in [0.3, 0.4) is 0 Å². The van der Waals surface area contributed by atoms with Crippen LogP contribution in [0.4, 0.5) is 5.69 Å². The highest BCUT2D eigenvalue weighted by atomic mass is 16.6. The molecular formula is C10H8N2O3. The van der Waals surface area contributed by atoms with Gasteiger partial charge in [0.1, 0.15) is 0 Å². The van der Waals surface area contributed by atoms with E-state index in [0.717, 1.165) is 0 Å². The summed E-state index contributed by atoms with van der Waals surface area (Å²) in [5.41, 5.74) is 0.385. The van der Waals surface area contributed by atoms with Crippen LogP contribution < -0.4 is 10.6 Å². The second-order valence-electron chi connectivity index (χ2n) is 3.28. The number of hydrogen-bond acceptors (Lipinski definition) is 4. The molecule has 1 heterocycles. The van der Waals surface area contributed by atoms with Gasteiger partial charge in [-0.25, -0.2) is 0 Å². The van der Waals surface area contributed by atoms with Crippen LogP contribution in [0.25, 0.3) is 5.57 Å². The Kier molecular flexibility index (Phi) is 2.07. The van der Waals surface area contributed by atoms with Crippen LogP contribution in [0.1, 0.15) is 6.92 Å². The summed E-state index contributed by atoms with van der Waals surface area (Å²) in [7, 11) is 0. The Morgan fingerprint density at radius 3 is 2.87 bits per heavy atom. The Morgan fingerprint density at radius 2 is 2.27 bits per heavy atom. The predicted molar refractivity (Wildman–Crippen MR) is 52.8 cm³/mol. The van der Waals surface area contributed by atoms with Crippen molar-refractivity contribution in [2.24, 2.45) is 4.99 Å². The van der Waals surface area contributed by atoms with Gasteiger partial charge in [-0.3, -0.25) is 19.9 Å². The maximum absolute atomic E-state index is 11.3. The lowest BCUT2D eigenvalue weighted by molar-refractivity contribution is -0.386. The van der Waals surface area contributed by atoms with Gasteiger partial charge in [-0.2, -0.15) is 0 Å². The lowest BCUT2D eigenvalue weighted by Gasteiger charge is -1.94. The van der Waals surface area contributed by atoms with Crippen LogP contribution in [-0.4, -0.2) is 17.3 Å². The van der Waals surface area contributed by atoms with E-state index in [4.69, 9.17) is 0 Å². The van der Waals surface area contributed by atoms with Crippen molar-refractivity contribution in [2.75, 3.05) is 6.54 Å². The highest BCUT2D eigenvalue weighted by Gasteiger charge is 2.19. The van der Waals surface area contributed by atoms with E-state index >= 15 is 0 Å². The van der Waals surface area contributed by atoms with Crippen LogP contribution in [0.5, 0.6) is 0 Å². The van der Waals surface area contributed by atoms with E-state index in [1.165, 1.54) is 13.0 Å². The maximum atomic E-state index is 11.3. The lowest BCUT2D eigenvalue weighted by Crippen LogP contribution is -2.27. The molecule has 2 rings (SSSR count). The molecule has 1 aromatic rings. The molecule has 0 saturated heterocycles. The number of benzene rings is 1. The summed E-state index contributed by atoms with van der Waals surface area (Å²) in [6, 6.07) is 4.64. The van der Waals surface area contributed by atoms with Crippen molar-refractivity contribution < 1.29 is 9.72 Å². The molecule has 0 aromatic heterocycles. The molecule has 5 nitrogen and oxygen atoms in total. The number of fused-ring (bicyclic) bond motifs is 1. The first-order chi connectivity index (χ1) is 7.11. The fourth-order valence-electron chi connectivity index (χ4n) is 1.65. The predicted octanol–water partition coefficient (Wildman–Crippen LogP) is -0.0323. The molecule has 0 atom stereocenters. The molecule has 1 aliphatic rings. The summed E-state index contributed by atoms with van der Waals surface area (Å²) in [6.07, 6.45) is 0. The zero-order valence-corrected chi connectivity index (χ0v) is 8.06. The van der Waals surface area contributed by atoms with E-state index in [-0.39, 0.29) is 18.0 Å². The van der Waals surface area contributed by atoms with Gasteiger partial charge in [-0.1, -0.05) is 6.07 Å². The largest absolute Gasteiger partial charge is 0.295 e.